The molecule has 0 amide bonds. The molecule has 0 fully saturated rings. The molecule has 6 nitrogen and oxygen atoms in total. The number of nitrogen functional groups attached to an aromatic ring is 1. The Kier molecular flexibility index (Phi) is 6.05. The largest absolute Gasteiger partial charge is 0.497 e. The Labute approximate surface area is 206 Å². The number of carbonyl (C=O) groups excluding carboxylic acids is 1. The van der Waals surface area contributed by atoms with Gasteiger partial charge in [0.2, 0.25) is 0 Å². The zero-order chi connectivity index (χ0) is 24.7. The molecule has 0 saturated carbocycles. The number of rotatable bonds is 6. The van der Waals surface area contributed by atoms with Crippen LogP contribution in [-0.2, 0) is 16.0 Å². The summed E-state index contributed by atoms with van der Waals surface area (Å²) in [6, 6.07) is 14.1. The predicted octanol–water partition coefficient (Wildman–Crippen LogP) is 5.67. The summed E-state index contributed by atoms with van der Waals surface area (Å²) in [7, 11) is 3.10. The van der Waals surface area contributed by atoms with Crippen LogP contribution in [0.5, 0.6) is 17.2 Å². The number of benzene rings is 3. The summed E-state index contributed by atoms with van der Waals surface area (Å²) in [4.78, 5) is 11.7. The number of methoxy groups -OCH3 is 2. The summed E-state index contributed by atoms with van der Waals surface area (Å²) in [6.07, 6.45) is 1.93. The van der Waals surface area contributed by atoms with Gasteiger partial charge in [-0.05, 0) is 78.8 Å². The molecular weight excluding hydrogens is 442 g/mol. The minimum absolute atomic E-state index is 0.00730. The standard InChI is InChI=1S/C29H31NO5/c1-16-11-20(32-3)12-17(2)28(16)22-7-9-24(30)29-23(22)8-10-25(29)35-19-5-6-21-18(13-27(31)33-4)15-34-26(21)14-19/h5-7,9,11-12,14,18,25H,8,10,13,15,30H2,1-4H3/t18-,25-/m1/s1. The summed E-state index contributed by atoms with van der Waals surface area (Å²) in [6.45, 7) is 4.71. The fraction of sp³-hybridized carbons (Fsp3) is 0.345. The summed E-state index contributed by atoms with van der Waals surface area (Å²) >= 11 is 0. The van der Waals surface area contributed by atoms with Crippen LogP contribution in [0.3, 0.4) is 0 Å². The molecule has 2 aliphatic rings. The Morgan fingerprint density at radius 2 is 1.83 bits per heavy atom. The van der Waals surface area contributed by atoms with Crippen LogP contribution in [-0.4, -0.2) is 26.8 Å². The van der Waals surface area contributed by atoms with Gasteiger partial charge in [-0.3, -0.25) is 4.79 Å². The molecule has 1 heterocycles. The molecule has 0 radical (unpaired) electrons. The third-order valence-electron chi connectivity index (χ3n) is 7.16. The van der Waals surface area contributed by atoms with Gasteiger partial charge in [0.25, 0.3) is 0 Å². The second-order valence-electron chi connectivity index (χ2n) is 9.36. The van der Waals surface area contributed by atoms with Crippen molar-refractivity contribution in [3.8, 4) is 28.4 Å². The Morgan fingerprint density at radius 3 is 2.54 bits per heavy atom. The highest BCUT2D eigenvalue weighted by Crippen LogP contribution is 2.46. The van der Waals surface area contributed by atoms with E-state index in [2.05, 4.69) is 32.0 Å². The van der Waals surface area contributed by atoms with E-state index in [1.807, 2.05) is 24.3 Å². The van der Waals surface area contributed by atoms with Crippen LogP contribution in [0.1, 0.15) is 52.7 Å². The van der Waals surface area contributed by atoms with Gasteiger partial charge in [-0.15, -0.1) is 0 Å². The normalized spacial score (nSPS) is 17.9. The van der Waals surface area contributed by atoms with Gasteiger partial charge >= 0.3 is 5.97 Å². The molecule has 0 saturated heterocycles. The molecule has 3 aromatic rings. The van der Waals surface area contributed by atoms with Crippen molar-refractivity contribution >= 4 is 11.7 Å². The Bertz CT molecular complexity index is 1280. The van der Waals surface area contributed by atoms with Crippen LogP contribution in [0.2, 0.25) is 0 Å². The fourth-order valence-electron chi connectivity index (χ4n) is 5.52. The zero-order valence-corrected chi connectivity index (χ0v) is 20.6. The number of carbonyl (C=O) groups is 1. The van der Waals surface area contributed by atoms with Crippen LogP contribution in [0, 0.1) is 13.8 Å². The first-order chi connectivity index (χ1) is 16.9. The highest BCUT2D eigenvalue weighted by atomic mass is 16.5. The second kappa shape index (κ2) is 9.17. The maximum Gasteiger partial charge on any atom is 0.306 e. The number of anilines is 1. The van der Waals surface area contributed by atoms with Crippen molar-refractivity contribution in [1.82, 2.24) is 0 Å². The van der Waals surface area contributed by atoms with E-state index in [0.717, 1.165) is 46.9 Å². The number of aryl methyl sites for hydroxylation is 2. The van der Waals surface area contributed by atoms with E-state index in [4.69, 9.17) is 24.7 Å². The van der Waals surface area contributed by atoms with Crippen LogP contribution >= 0.6 is 0 Å². The summed E-state index contributed by atoms with van der Waals surface area (Å²) in [5, 5.41) is 0. The second-order valence-corrected chi connectivity index (χ2v) is 9.36. The molecule has 0 aromatic heterocycles. The molecule has 1 aliphatic carbocycles. The molecule has 6 heteroatoms. The molecule has 0 bridgehead atoms. The van der Waals surface area contributed by atoms with Gasteiger partial charge < -0.3 is 24.7 Å². The molecule has 2 N–H and O–H groups in total. The number of hydrogen-bond donors (Lipinski definition) is 1. The lowest BCUT2D eigenvalue weighted by molar-refractivity contribution is -0.141. The Hall–Kier alpha value is -3.67. The van der Waals surface area contributed by atoms with E-state index in [9.17, 15) is 4.79 Å². The third kappa shape index (κ3) is 4.18. The van der Waals surface area contributed by atoms with Crippen molar-refractivity contribution in [2.75, 3.05) is 26.6 Å². The van der Waals surface area contributed by atoms with Gasteiger partial charge in [0.1, 0.15) is 23.4 Å². The van der Waals surface area contributed by atoms with Gasteiger partial charge in [-0.2, -0.15) is 0 Å². The fourth-order valence-corrected chi connectivity index (χ4v) is 5.52. The Morgan fingerprint density at radius 1 is 1.06 bits per heavy atom. The number of ether oxygens (including phenoxy) is 4. The molecule has 182 valence electrons. The predicted molar refractivity (Wildman–Crippen MR) is 135 cm³/mol. The number of nitrogens with two attached hydrogens (primary N) is 1. The van der Waals surface area contributed by atoms with Gasteiger partial charge in [0, 0.05) is 28.8 Å². The summed E-state index contributed by atoms with van der Waals surface area (Å²) in [5.41, 5.74) is 15.4. The quantitative estimate of drug-likeness (QED) is 0.367. The van der Waals surface area contributed by atoms with Crippen molar-refractivity contribution in [3.05, 3.63) is 70.3 Å². The van der Waals surface area contributed by atoms with Crippen molar-refractivity contribution in [3.63, 3.8) is 0 Å². The van der Waals surface area contributed by atoms with E-state index < -0.39 is 0 Å². The molecule has 1 aliphatic heterocycles. The van der Waals surface area contributed by atoms with Gasteiger partial charge in [-0.1, -0.05) is 12.1 Å². The first kappa shape index (κ1) is 23.1. The van der Waals surface area contributed by atoms with E-state index in [0.29, 0.717) is 13.0 Å². The summed E-state index contributed by atoms with van der Waals surface area (Å²) in [5.74, 6) is 2.14. The average molecular weight is 474 g/mol. The molecule has 2 atom stereocenters. The molecule has 0 spiro atoms. The minimum atomic E-state index is -0.233. The van der Waals surface area contributed by atoms with E-state index in [-0.39, 0.29) is 18.0 Å². The topological polar surface area (TPSA) is 80.0 Å². The van der Waals surface area contributed by atoms with Crippen LogP contribution in [0.15, 0.2) is 42.5 Å². The van der Waals surface area contributed by atoms with Gasteiger partial charge in [-0.25, -0.2) is 0 Å². The molecule has 0 unspecified atom stereocenters. The van der Waals surface area contributed by atoms with Crippen molar-refractivity contribution in [1.29, 1.82) is 0 Å². The SMILES string of the molecule is COC(=O)C[C@@H]1COc2cc(O[C@@H]3CCc4c(-c5c(C)cc(OC)cc5C)ccc(N)c43)ccc21. The highest BCUT2D eigenvalue weighted by Gasteiger charge is 2.31. The molecule has 35 heavy (non-hydrogen) atoms. The van der Waals surface area contributed by atoms with Crippen molar-refractivity contribution in [2.24, 2.45) is 0 Å². The van der Waals surface area contributed by atoms with Crippen LogP contribution < -0.4 is 19.9 Å². The maximum atomic E-state index is 11.7. The van der Waals surface area contributed by atoms with Crippen molar-refractivity contribution < 1.29 is 23.7 Å². The van der Waals surface area contributed by atoms with E-state index in [1.165, 1.54) is 34.9 Å². The van der Waals surface area contributed by atoms with Crippen LogP contribution in [0.25, 0.3) is 11.1 Å². The first-order valence-electron chi connectivity index (χ1n) is 12.0. The lowest BCUT2D eigenvalue weighted by atomic mass is 9.90. The molecule has 3 aromatic carbocycles. The Balaban J connectivity index is 1.43. The lowest BCUT2D eigenvalue weighted by Crippen LogP contribution is -2.09. The lowest BCUT2D eigenvalue weighted by Gasteiger charge is -2.20. The van der Waals surface area contributed by atoms with E-state index in [1.54, 1.807) is 7.11 Å². The number of fused-ring (bicyclic) bond motifs is 2. The average Bonchev–Trinajstić information content (AvgIpc) is 3.44. The highest BCUT2D eigenvalue weighted by molar-refractivity contribution is 5.79. The zero-order valence-electron chi connectivity index (χ0n) is 20.6. The van der Waals surface area contributed by atoms with E-state index >= 15 is 0 Å². The first-order valence-corrected chi connectivity index (χ1v) is 12.0. The third-order valence-corrected chi connectivity index (χ3v) is 7.16. The number of esters is 1. The summed E-state index contributed by atoms with van der Waals surface area (Å²) < 4.78 is 22.6. The smallest absolute Gasteiger partial charge is 0.306 e. The monoisotopic (exact) mass is 473 g/mol. The molecular formula is C29H31NO5. The minimum Gasteiger partial charge on any atom is -0.497 e. The van der Waals surface area contributed by atoms with Crippen LogP contribution in [0.4, 0.5) is 5.69 Å². The van der Waals surface area contributed by atoms with Crippen molar-refractivity contribution in [2.45, 2.75) is 45.1 Å². The number of hydrogen-bond acceptors (Lipinski definition) is 6. The maximum absolute atomic E-state index is 11.7. The van der Waals surface area contributed by atoms with Gasteiger partial charge in [0.15, 0.2) is 0 Å². The van der Waals surface area contributed by atoms with Gasteiger partial charge in [0.05, 0.1) is 27.2 Å². The molecule has 5 rings (SSSR count).